The van der Waals surface area contributed by atoms with Gasteiger partial charge in [-0.1, -0.05) is 0 Å². The maximum Gasteiger partial charge on any atom is 0.573 e. The molecule has 0 radical (unpaired) electrons. The third-order valence-corrected chi connectivity index (χ3v) is 4.98. The number of piperidine rings is 1. The van der Waals surface area contributed by atoms with E-state index in [0.29, 0.717) is 12.3 Å². The minimum Gasteiger partial charge on any atom is -0.489 e. The maximum atomic E-state index is 12.3. The first kappa shape index (κ1) is 20.2. The third-order valence-electron chi connectivity index (χ3n) is 4.98. The number of fused-ring (bicyclic) bond motifs is 1. The number of rotatable bonds is 5. The SMILES string of the molecule is CN(C)c1nc2ccc(N3CCCC(Oc4ccc(OC(F)(F)F)cc4)C3)cc2[nH]1. The molecule has 0 amide bonds. The third kappa shape index (κ3) is 4.72. The van der Waals surface area contributed by atoms with Gasteiger partial charge < -0.3 is 24.3 Å². The first-order valence-electron chi connectivity index (χ1n) is 9.71. The number of imidazole rings is 1. The highest BCUT2D eigenvalue weighted by molar-refractivity contribution is 5.81. The zero-order valence-electron chi connectivity index (χ0n) is 16.7. The molecule has 1 fully saturated rings. The lowest BCUT2D eigenvalue weighted by atomic mass is 10.1. The lowest BCUT2D eigenvalue weighted by Gasteiger charge is -2.34. The highest BCUT2D eigenvalue weighted by atomic mass is 19.4. The Balaban J connectivity index is 1.42. The average Bonchev–Trinajstić information content (AvgIpc) is 3.12. The minimum absolute atomic E-state index is 0.0528. The van der Waals surface area contributed by atoms with Crippen LogP contribution in [0.3, 0.4) is 0 Å². The summed E-state index contributed by atoms with van der Waals surface area (Å²) in [6, 6.07) is 11.7. The number of hydrogen-bond donors (Lipinski definition) is 1. The molecule has 30 heavy (non-hydrogen) atoms. The van der Waals surface area contributed by atoms with E-state index < -0.39 is 6.36 Å². The number of nitrogens with one attached hydrogen (secondary N) is 1. The quantitative estimate of drug-likeness (QED) is 0.655. The van der Waals surface area contributed by atoms with E-state index in [1.165, 1.54) is 24.3 Å². The molecule has 0 aliphatic carbocycles. The first-order chi connectivity index (χ1) is 14.3. The van der Waals surface area contributed by atoms with E-state index in [0.717, 1.165) is 42.1 Å². The number of anilines is 2. The standard InChI is InChI=1S/C21H23F3N4O2/c1-27(2)20-25-18-10-5-14(12-19(18)26-20)28-11-3-4-17(13-28)29-15-6-8-16(9-7-15)30-21(22,23)24/h5-10,12,17H,3-4,11,13H2,1-2H3,(H,25,26). The van der Waals surface area contributed by atoms with Gasteiger partial charge in [-0.25, -0.2) is 4.98 Å². The summed E-state index contributed by atoms with van der Waals surface area (Å²) in [7, 11) is 3.87. The molecule has 2 aromatic carbocycles. The maximum absolute atomic E-state index is 12.3. The molecule has 1 unspecified atom stereocenters. The van der Waals surface area contributed by atoms with Crippen LogP contribution < -0.4 is 19.3 Å². The highest BCUT2D eigenvalue weighted by Gasteiger charge is 2.31. The molecule has 6 nitrogen and oxygen atoms in total. The van der Waals surface area contributed by atoms with Crippen molar-refractivity contribution in [1.29, 1.82) is 0 Å². The molecule has 160 valence electrons. The fourth-order valence-electron chi connectivity index (χ4n) is 3.57. The Bertz CT molecular complexity index is 1000. The Morgan fingerprint density at radius 2 is 1.83 bits per heavy atom. The Morgan fingerprint density at radius 1 is 1.10 bits per heavy atom. The van der Waals surface area contributed by atoms with E-state index in [1.54, 1.807) is 0 Å². The molecule has 9 heteroatoms. The van der Waals surface area contributed by atoms with Crippen LogP contribution in [0.5, 0.6) is 11.5 Å². The van der Waals surface area contributed by atoms with Crippen LogP contribution in [0.25, 0.3) is 11.0 Å². The lowest BCUT2D eigenvalue weighted by Crippen LogP contribution is -2.41. The second kappa shape index (κ2) is 7.97. The van der Waals surface area contributed by atoms with Crippen molar-refractivity contribution in [1.82, 2.24) is 9.97 Å². The van der Waals surface area contributed by atoms with Gasteiger partial charge in [0, 0.05) is 26.3 Å². The van der Waals surface area contributed by atoms with Gasteiger partial charge in [-0.15, -0.1) is 13.2 Å². The van der Waals surface area contributed by atoms with Gasteiger partial charge in [0.05, 0.1) is 17.6 Å². The molecular formula is C21H23F3N4O2. The summed E-state index contributed by atoms with van der Waals surface area (Å²) in [4.78, 5) is 12.0. The van der Waals surface area contributed by atoms with Crippen molar-refractivity contribution in [3.05, 3.63) is 42.5 Å². The molecule has 4 rings (SSSR count). The first-order valence-corrected chi connectivity index (χ1v) is 9.71. The predicted octanol–water partition coefficient (Wildman–Crippen LogP) is 4.58. The summed E-state index contributed by atoms with van der Waals surface area (Å²) in [6.07, 6.45) is -2.91. The van der Waals surface area contributed by atoms with E-state index in [2.05, 4.69) is 25.7 Å². The minimum atomic E-state index is -4.70. The van der Waals surface area contributed by atoms with Gasteiger partial charge in [0.25, 0.3) is 0 Å². The molecule has 3 aromatic rings. The second-order valence-electron chi connectivity index (χ2n) is 7.50. The lowest BCUT2D eigenvalue weighted by molar-refractivity contribution is -0.274. The van der Waals surface area contributed by atoms with Crippen molar-refractivity contribution in [3.63, 3.8) is 0 Å². The molecule has 1 N–H and O–H groups in total. The molecule has 1 saturated heterocycles. The van der Waals surface area contributed by atoms with E-state index in [1.807, 2.05) is 31.1 Å². The van der Waals surface area contributed by atoms with Gasteiger partial charge >= 0.3 is 6.36 Å². The topological polar surface area (TPSA) is 53.6 Å². The Labute approximate surface area is 172 Å². The van der Waals surface area contributed by atoms with Crippen molar-refractivity contribution in [2.75, 3.05) is 37.0 Å². The fourth-order valence-corrected chi connectivity index (χ4v) is 3.57. The van der Waals surface area contributed by atoms with Crippen molar-refractivity contribution in [2.45, 2.75) is 25.3 Å². The van der Waals surface area contributed by atoms with Crippen LogP contribution in [0.2, 0.25) is 0 Å². The molecule has 0 bridgehead atoms. The number of hydrogen-bond acceptors (Lipinski definition) is 5. The number of H-pyrrole nitrogens is 1. The number of aromatic amines is 1. The van der Waals surface area contributed by atoms with E-state index in [4.69, 9.17) is 4.74 Å². The van der Waals surface area contributed by atoms with Crippen LogP contribution >= 0.6 is 0 Å². The van der Waals surface area contributed by atoms with Crippen LogP contribution in [-0.2, 0) is 0 Å². The predicted molar refractivity (Wildman–Crippen MR) is 109 cm³/mol. The molecule has 2 heterocycles. The number of ether oxygens (including phenoxy) is 2. The van der Waals surface area contributed by atoms with Crippen LogP contribution in [0.4, 0.5) is 24.8 Å². The van der Waals surface area contributed by atoms with Crippen molar-refractivity contribution in [2.24, 2.45) is 0 Å². The summed E-state index contributed by atoms with van der Waals surface area (Å²) in [5.41, 5.74) is 2.96. The summed E-state index contributed by atoms with van der Waals surface area (Å²) in [6.45, 7) is 1.61. The normalized spacial score (nSPS) is 17.2. The molecule has 0 saturated carbocycles. The number of nitrogens with zero attached hydrogens (tertiary/aromatic N) is 3. The highest BCUT2D eigenvalue weighted by Crippen LogP contribution is 2.28. The van der Waals surface area contributed by atoms with Gasteiger partial charge in [-0.05, 0) is 55.3 Å². The van der Waals surface area contributed by atoms with E-state index in [9.17, 15) is 13.2 Å². The Hall–Kier alpha value is -3.10. The molecular weight excluding hydrogens is 397 g/mol. The van der Waals surface area contributed by atoms with Crippen LogP contribution in [0.1, 0.15) is 12.8 Å². The number of halogens is 3. The van der Waals surface area contributed by atoms with Crippen molar-refractivity contribution < 1.29 is 22.6 Å². The molecule has 1 aliphatic rings. The van der Waals surface area contributed by atoms with Gasteiger partial charge in [0.15, 0.2) is 0 Å². The summed E-state index contributed by atoms with van der Waals surface area (Å²) in [5.74, 6) is 1.07. The average molecular weight is 420 g/mol. The summed E-state index contributed by atoms with van der Waals surface area (Å²) in [5, 5.41) is 0. The van der Waals surface area contributed by atoms with Gasteiger partial charge in [-0.2, -0.15) is 0 Å². The van der Waals surface area contributed by atoms with Crippen molar-refractivity contribution >= 4 is 22.7 Å². The Morgan fingerprint density at radius 3 is 2.53 bits per heavy atom. The van der Waals surface area contributed by atoms with Crippen LogP contribution in [-0.4, -0.2) is 49.6 Å². The number of alkyl halides is 3. The van der Waals surface area contributed by atoms with Crippen LogP contribution in [0, 0.1) is 0 Å². The number of benzene rings is 2. The van der Waals surface area contributed by atoms with Crippen molar-refractivity contribution in [3.8, 4) is 11.5 Å². The fraction of sp³-hybridized carbons (Fsp3) is 0.381. The largest absolute Gasteiger partial charge is 0.573 e. The van der Waals surface area contributed by atoms with Gasteiger partial charge in [0.2, 0.25) is 5.95 Å². The smallest absolute Gasteiger partial charge is 0.489 e. The van der Waals surface area contributed by atoms with Gasteiger partial charge in [-0.3, -0.25) is 0 Å². The zero-order valence-corrected chi connectivity index (χ0v) is 16.7. The molecule has 1 aliphatic heterocycles. The number of aromatic nitrogens is 2. The summed E-state index contributed by atoms with van der Waals surface area (Å²) >= 11 is 0. The zero-order chi connectivity index (χ0) is 21.3. The summed E-state index contributed by atoms with van der Waals surface area (Å²) < 4.78 is 46.8. The molecule has 1 atom stereocenters. The van der Waals surface area contributed by atoms with Crippen LogP contribution in [0.15, 0.2) is 42.5 Å². The molecule has 0 spiro atoms. The van der Waals surface area contributed by atoms with E-state index in [-0.39, 0.29) is 11.9 Å². The van der Waals surface area contributed by atoms with Gasteiger partial charge in [0.1, 0.15) is 17.6 Å². The monoisotopic (exact) mass is 420 g/mol. The molecule has 1 aromatic heterocycles. The second-order valence-corrected chi connectivity index (χ2v) is 7.50. The van der Waals surface area contributed by atoms with E-state index >= 15 is 0 Å². The Kier molecular flexibility index (Phi) is 5.36.